The van der Waals surface area contributed by atoms with E-state index in [9.17, 15) is 4.79 Å². The van der Waals surface area contributed by atoms with E-state index in [1.807, 2.05) is 5.38 Å². The molecular formula is C11H11BrN2O3S. The lowest BCUT2D eigenvalue weighted by atomic mass is 9.95. The molecule has 5 nitrogen and oxygen atoms in total. The number of aromatic nitrogens is 2. The zero-order valence-corrected chi connectivity index (χ0v) is 12.5. The van der Waals surface area contributed by atoms with Crippen LogP contribution in [0.5, 0.6) is 0 Å². The SMILES string of the molecule is COC(=O)C(C)(C)c1nc(-c2cc(Br)no2)cs1. The van der Waals surface area contributed by atoms with Crippen LogP contribution in [0.3, 0.4) is 0 Å². The Morgan fingerprint density at radius 2 is 2.28 bits per heavy atom. The van der Waals surface area contributed by atoms with Gasteiger partial charge in [-0.15, -0.1) is 11.3 Å². The van der Waals surface area contributed by atoms with Gasteiger partial charge in [0.25, 0.3) is 0 Å². The van der Waals surface area contributed by atoms with Crippen molar-refractivity contribution in [2.75, 3.05) is 7.11 Å². The monoisotopic (exact) mass is 330 g/mol. The molecule has 18 heavy (non-hydrogen) atoms. The van der Waals surface area contributed by atoms with Crippen LogP contribution in [0.15, 0.2) is 20.6 Å². The van der Waals surface area contributed by atoms with Crippen LogP contribution in [0.2, 0.25) is 0 Å². The number of ether oxygens (including phenoxy) is 1. The van der Waals surface area contributed by atoms with Crippen molar-refractivity contribution in [1.29, 1.82) is 0 Å². The molecule has 0 aliphatic carbocycles. The maximum absolute atomic E-state index is 11.7. The van der Waals surface area contributed by atoms with Crippen molar-refractivity contribution < 1.29 is 14.1 Å². The third-order valence-electron chi connectivity index (χ3n) is 2.47. The minimum Gasteiger partial charge on any atom is -0.468 e. The summed E-state index contributed by atoms with van der Waals surface area (Å²) >= 11 is 4.60. The number of halogens is 1. The zero-order chi connectivity index (χ0) is 13.3. The van der Waals surface area contributed by atoms with Gasteiger partial charge in [0.15, 0.2) is 5.76 Å². The van der Waals surface area contributed by atoms with Crippen LogP contribution in [0, 0.1) is 0 Å². The fraction of sp³-hybridized carbons (Fsp3) is 0.364. The van der Waals surface area contributed by atoms with Crippen LogP contribution >= 0.6 is 27.3 Å². The molecule has 2 aromatic rings. The Hall–Kier alpha value is -1.21. The first-order valence-corrected chi connectivity index (χ1v) is 6.79. The van der Waals surface area contributed by atoms with E-state index in [4.69, 9.17) is 9.26 Å². The molecule has 2 heterocycles. The molecule has 0 aliphatic rings. The lowest BCUT2D eigenvalue weighted by Crippen LogP contribution is -2.30. The van der Waals surface area contributed by atoms with Gasteiger partial charge in [0.2, 0.25) is 0 Å². The van der Waals surface area contributed by atoms with E-state index in [-0.39, 0.29) is 5.97 Å². The molecule has 0 fully saturated rings. The lowest BCUT2D eigenvalue weighted by Gasteiger charge is -2.17. The van der Waals surface area contributed by atoms with Gasteiger partial charge in [0.1, 0.15) is 20.7 Å². The van der Waals surface area contributed by atoms with Crippen molar-refractivity contribution >= 4 is 33.2 Å². The van der Waals surface area contributed by atoms with E-state index in [2.05, 4.69) is 26.1 Å². The fourth-order valence-electron chi connectivity index (χ4n) is 1.39. The number of hydrogen-bond donors (Lipinski definition) is 0. The van der Waals surface area contributed by atoms with Crippen LogP contribution in [-0.4, -0.2) is 23.2 Å². The highest BCUT2D eigenvalue weighted by molar-refractivity contribution is 9.10. The summed E-state index contributed by atoms with van der Waals surface area (Å²) in [5.41, 5.74) is -0.111. The van der Waals surface area contributed by atoms with E-state index >= 15 is 0 Å². The number of methoxy groups -OCH3 is 1. The maximum Gasteiger partial charge on any atom is 0.318 e. The predicted molar refractivity (Wildman–Crippen MR) is 70.4 cm³/mol. The normalized spacial score (nSPS) is 11.6. The van der Waals surface area contributed by atoms with Crippen LogP contribution in [0.1, 0.15) is 18.9 Å². The molecule has 0 spiro atoms. The van der Waals surface area contributed by atoms with E-state index in [1.54, 1.807) is 19.9 Å². The first-order chi connectivity index (χ1) is 8.45. The molecule has 0 amide bonds. The smallest absolute Gasteiger partial charge is 0.318 e. The molecule has 0 saturated carbocycles. The fourth-order valence-corrected chi connectivity index (χ4v) is 2.59. The average molecular weight is 331 g/mol. The largest absolute Gasteiger partial charge is 0.468 e. The van der Waals surface area contributed by atoms with Gasteiger partial charge in [-0.25, -0.2) is 4.98 Å². The molecular weight excluding hydrogens is 320 g/mol. The molecule has 0 bridgehead atoms. The van der Waals surface area contributed by atoms with Crippen molar-refractivity contribution in [3.05, 3.63) is 21.1 Å². The minimum atomic E-state index is -0.769. The minimum absolute atomic E-state index is 0.317. The number of carbonyl (C=O) groups excluding carboxylic acids is 1. The van der Waals surface area contributed by atoms with Crippen LogP contribution < -0.4 is 0 Å². The van der Waals surface area contributed by atoms with E-state index < -0.39 is 5.41 Å². The molecule has 2 rings (SSSR count). The number of rotatable bonds is 3. The van der Waals surface area contributed by atoms with Gasteiger partial charge >= 0.3 is 5.97 Å². The third-order valence-corrected chi connectivity index (χ3v) is 4.01. The van der Waals surface area contributed by atoms with Crippen molar-refractivity contribution in [2.45, 2.75) is 19.3 Å². The molecule has 96 valence electrons. The van der Waals surface area contributed by atoms with Crippen LogP contribution in [0.25, 0.3) is 11.5 Å². The van der Waals surface area contributed by atoms with Crippen molar-refractivity contribution in [2.24, 2.45) is 0 Å². The van der Waals surface area contributed by atoms with Crippen molar-refractivity contribution in [3.63, 3.8) is 0 Å². The summed E-state index contributed by atoms with van der Waals surface area (Å²) in [4.78, 5) is 16.1. The Balaban J connectivity index is 2.33. The predicted octanol–water partition coefficient (Wildman–Crippen LogP) is 3.01. The first-order valence-electron chi connectivity index (χ1n) is 5.12. The Morgan fingerprint density at radius 3 is 2.83 bits per heavy atom. The first kappa shape index (κ1) is 13.2. The van der Waals surface area contributed by atoms with E-state index in [1.165, 1.54) is 18.4 Å². The summed E-state index contributed by atoms with van der Waals surface area (Å²) in [6.45, 7) is 3.55. The summed E-state index contributed by atoms with van der Waals surface area (Å²) in [6, 6.07) is 1.73. The van der Waals surface area contributed by atoms with Crippen LogP contribution in [-0.2, 0) is 14.9 Å². The molecule has 0 saturated heterocycles. The maximum atomic E-state index is 11.7. The quantitative estimate of drug-likeness (QED) is 0.809. The van der Waals surface area contributed by atoms with Gasteiger partial charge in [0, 0.05) is 11.4 Å². The van der Waals surface area contributed by atoms with Crippen LogP contribution in [0.4, 0.5) is 0 Å². The highest BCUT2D eigenvalue weighted by atomic mass is 79.9. The summed E-state index contributed by atoms with van der Waals surface area (Å²) < 4.78 is 10.5. The Kier molecular flexibility index (Phi) is 3.54. The number of hydrogen-bond acceptors (Lipinski definition) is 6. The van der Waals surface area contributed by atoms with Crippen molar-refractivity contribution in [3.8, 4) is 11.5 Å². The zero-order valence-electron chi connectivity index (χ0n) is 10.1. The van der Waals surface area contributed by atoms with E-state index in [0.29, 0.717) is 21.1 Å². The highest BCUT2D eigenvalue weighted by Crippen LogP contribution is 2.31. The number of esters is 1. The lowest BCUT2D eigenvalue weighted by molar-refractivity contribution is -0.146. The molecule has 0 aliphatic heterocycles. The summed E-state index contributed by atoms with van der Waals surface area (Å²) in [5.74, 6) is 0.243. The molecule has 0 atom stereocenters. The second-order valence-corrected chi connectivity index (χ2v) is 5.84. The highest BCUT2D eigenvalue weighted by Gasteiger charge is 2.34. The van der Waals surface area contributed by atoms with Gasteiger partial charge in [-0.2, -0.15) is 0 Å². The van der Waals surface area contributed by atoms with Gasteiger partial charge in [-0.3, -0.25) is 4.79 Å². The Bertz CT molecular complexity index is 576. The molecule has 2 aromatic heterocycles. The number of nitrogens with zero attached hydrogens (tertiary/aromatic N) is 2. The molecule has 0 N–H and O–H groups in total. The van der Waals surface area contributed by atoms with Crippen molar-refractivity contribution in [1.82, 2.24) is 10.1 Å². The standard InChI is InChI=1S/C11H11BrN2O3S/c1-11(2,10(15)16-3)9-13-6(5-18-9)7-4-8(12)14-17-7/h4-5H,1-3H3. The molecule has 0 radical (unpaired) electrons. The second-order valence-electron chi connectivity index (χ2n) is 4.17. The van der Waals surface area contributed by atoms with Gasteiger partial charge in [0.05, 0.1) is 7.11 Å². The van der Waals surface area contributed by atoms with E-state index in [0.717, 1.165) is 0 Å². The Labute approximate surface area is 116 Å². The molecule has 7 heteroatoms. The summed E-state index contributed by atoms with van der Waals surface area (Å²) in [6.07, 6.45) is 0. The van der Waals surface area contributed by atoms with Gasteiger partial charge in [-0.1, -0.05) is 5.16 Å². The Morgan fingerprint density at radius 1 is 1.56 bits per heavy atom. The third kappa shape index (κ3) is 2.32. The summed E-state index contributed by atoms with van der Waals surface area (Å²) in [5, 5.41) is 6.23. The topological polar surface area (TPSA) is 65.2 Å². The molecule has 0 aromatic carbocycles. The van der Waals surface area contributed by atoms with Gasteiger partial charge < -0.3 is 9.26 Å². The van der Waals surface area contributed by atoms with Gasteiger partial charge in [-0.05, 0) is 29.8 Å². The number of carbonyl (C=O) groups is 1. The average Bonchev–Trinajstić information content (AvgIpc) is 2.95. The number of thiazole rings is 1. The molecule has 0 unspecified atom stereocenters. The summed E-state index contributed by atoms with van der Waals surface area (Å²) in [7, 11) is 1.37. The second kappa shape index (κ2) is 4.81.